The highest BCUT2D eigenvalue weighted by molar-refractivity contribution is 6.30. The molecular weight excluding hydrogens is 324 g/mol. The van der Waals surface area contributed by atoms with Crippen LogP contribution in [0.5, 0.6) is 0 Å². The highest BCUT2D eigenvalue weighted by Crippen LogP contribution is 2.34. The fourth-order valence-electron chi connectivity index (χ4n) is 3.58. The number of para-hydroxylation sites is 1. The first kappa shape index (κ1) is 15.3. The summed E-state index contributed by atoms with van der Waals surface area (Å²) in [6.07, 6.45) is 1.60. The molecule has 0 unspecified atom stereocenters. The van der Waals surface area contributed by atoms with E-state index in [-0.39, 0.29) is 12.1 Å². The van der Waals surface area contributed by atoms with Crippen molar-refractivity contribution in [3.8, 4) is 0 Å². The predicted octanol–water partition coefficient (Wildman–Crippen LogP) is 4.47. The molecule has 2 aliphatic rings. The molecule has 0 bridgehead atoms. The van der Waals surface area contributed by atoms with Crippen molar-refractivity contribution in [3.05, 3.63) is 59.1 Å². The van der Waals surface area contributed by atoms with Gasteiger partial charge in [0.1, 0.15) is 6.61 Å². The van der Waals surface area contributed by atoms with E-state index in [0.29, 0.717) is 11.6 Å². The Morgan fingerprint density at radius 2 is 1.79 bits per heavy atom. The van der Waals surface area contributed by atoms with Crippen LogP contribution in [0.1, 0.15) is 18.4 Å². The second-order valence-corrected chi connectivity index (χ2v) is 6.69. The van der Waals surface area contributed by atoms with E-state index in [4.69, 9.17) is 16.3 Å². The number of benzene rings is 2. The van der Waals surface area contributed by atoms with E-state index in [0.717, 1.165) is 37.2 Å². The zero-order chi connectivity index (χ0) is 16.5. The number of ether oxygens (including phenoxy) is 1. The molecule has 1 fully saturated rings. The largest absolute Gasteiger partial charge is 0.444 e. The summed E-state index contributed by atoms with van der Waals surface area (Å²) in [4.78, 5) is 16.5. The van der Waals surface area contributed by atoms with E-state index < -0.39 is 0 Å². The van der Waals surface area contributed by atoms with Gasteiger partial charge in [-0.25, -0.2) is 4.79 Å². The number of amides is 1. The van der Waals surface area contributed by atoms with Gasteiger partial charge in [-0.3, -0.25) is 4.90 Å². The maximum atomic E-state index is 12.3. The first-order valence-electron chi connectivity index (χ1n) is 8.27. The van der Waals surface area contributed by atoms with Gasteiger partial charge >= 0.3 is 6.09 Å². The Hall–Kier alpha value is -2.20. The first-order chi connectivity index (χ1) is 11.7. The SMILES string of the molecule is O=C1OCc2cc(Cl)ccc2N1C1CCN(c2ccccc2)CC1. The van der Waals surface area contributed by atoms with Gasteiger partial charge in [0, 0.05) is 35.4 Å². The molecule has 5 heteroatoms. The molecule has 1 saturated heterocycles. The van der Waals surface area contributed by atoms with Crippen molar-refractivity contribution in [3.63, 3.8) is 0 Å². The topological polar surface area (TPSA) is 32.8 Å². The van der Waals surface area contributed by atoms with Crippen molar-refractivity contribution in [1.29, 1.82) is 0 Å². The molecule has 1 amide bonds. The van der Waals surface area contributed by atoms with Crippen molar-refractivity contribution in [2.24, 2.45) is 0 Å². The Morgan fingerprint density at radius 1 is 1.04 bits per heavy atom. The standard InChI is InChI=1S/C19H19ClN2O2/c20-15-6-7-18-14(12-15)13-24-19(23)22(18)17-8-10-21(11-9-17)16-4-2-1-3-5-16/h1-7,12,17H,8-11,13H2. The molecule has 2 aromatic carbocycles. The molecular formula is C19H19ClN2O2. The summed E-state index contributed by atoms with van der Waals surface area (Å²) < 4.78 is 5.35. The number of cyclic esters (lactones) is 1. The van der Waals surface area contributed by atoms with Gasteiger partial charge in [0.15, 0.2) is 0 Å². The average molecular weight is 343 g/mol. The second kappa shape index (κ2) is 6.36. The summed E-state index contributed by atoms with van der Waals surface area (Å²) in [7, 11) is 0. The maximum absolute atomic E-state index is 12.3. The molecule has 0 radical (unpaired) electrons. The van der Waals surface area contributed by atoms with E-state index >= 15 is 0 Å². The molecule has 0 N–H and O–H groups in total. The third kappa shape index (κ3) is 2.82. The highest BCUT2D eigenvalue weighted by Gasteiger charge is 2.34. The molecule has 2 aromatic rings. The van der Waals surface area contributed by atoms with Crippen LogP contribution in [0.2, 0.25) is 5.02 Å². The lowest BCUT2D eigenvalue weighted by atomic mass is 10.0. The molecule has 2 aliphatic heterocycles. The highest BCUT2D eigenvalue weighted by atomic mass is 35.5. The minimum absolute atomic E-state index is 0.165. The molecule has 0 spiro atoms. The van der Waals surface area contributed by atoms with E-state index in [2.05, 4.69) is 29.2 Å². The monoisotopic (exact) mass is 342 g/mol. The normalized spacial score (nSPS) is 18.3. The van der Waals surface area contributed by atoms with Crippen LogP contribution in [0, 0.1) is 0 Å². The third-order valence-electron chi connectivity index (χ3n) is 4.80. The molecule has 0 aromatic heterocycles. The number of hydrogen-bond acceptors (Lipinski definition) is 3. The van der Waals surface area contributed by atoms with Gasteiger partial charge in [0.05, 0.1) is 5.69 Å². The summed E-state index contributed by atoms with van der Waals surface area (Å²) in [5.41, 5.74) is 3.16. The first-order valence-corrected chi connectivity index (χ1v) is 8.64. The third-order valence-corrected chi connectivity index (χ3v) is 5.03. The van der Waals surface area contributed by atoms with Crippen molar-refractivity contribution in [1.82, 2.24) is 0 Å². The lowest BCUT2D eigenvalue weighted by Crippen LogP contribution is -2.49. The smallest absolute Gasteiger partial charge is 0.414 e. The minimum atomic E-state index is -0.247. The van der Waals surface area contributed by atoms with Crippen LogP contribution in [-0.2, 0) is 11.3 Å². The van der Waals surface area contributed by atoms with E-state index in [9.17, 15) is 4.79 Å². The fourth-order valence-corrected chi connectivity index (χ4v) is 3.77. The summed E-state index contributed by atoms with van der Waals surface area (Å²) >= 11 is 6.07. The molecule has 124 valence electrons. The number of halogens is 1. The van der Waals surface area contributed by atoms with Crippen molar-refractivity contribution >= 4 is 29.1 Å². The van der Waals surface area contributed by atoms with Gasteiger partial charge in [-0.05, 0) is 43.2 Å². The van der Waals surface area contributed by atoms with Crippen LogP contribution >= 0.6 is 11.6 Å². The fraction of sp³-hybridized carbons (Fsp3) is 0.316. The molecule has 4 nitrogen and oxygen atoms in total. The predicted molar refractivity (Wildman–Crippen MR) is 95.8 cm³/mol. The van der Waals surface area contributed by atoms with Gasteiger partial charge in [-0.2, -0.15) is 0 Å². The number of hydrogen-bond donors (Lipinski definition) is 0. The maximum Gasteiger partial charge on any atom is 0.414 e. The number of rotatable bonds is 2. The van der Waals surface area contributed by atoms with Gasteiger partial charge in [-0.1, -0.05) is 29.8 Å². The molecule has 0 saturated carbocycles. The van der Waals surface area contributed by atoms with Crippen LogP contribution in [-0.4, -0.2) is 25.2 Å². The van der Waals surface area contributed by atoms with Crippen LogP contribution in [0.4, 0.5) is 16.2 Å². The molecule has 0 aliphatic carbocycles. The lowest BCUT2D eigenvalue weighted by Gasteiger charge is -2.41. The Labute approximate surface area is 146 Å². The van der Waals surface area contributed by atoms with Crippen LogP contribution < -0.4 is 9.80 Å². The minimum Gasteiger partial charge on any atom is -0.444 e. The summed E-state index contributed by atoms with van der Waals surface area (Å²) in [6, 6.07) is 16.2. The Morgan fingerprint density at radius 3 is 2.54 bits per heavy atom. The molecule has 4 rings (SSSR count). The van der Waals surface area contributed by atoms with Crippen LogP contribution in [0.15, 0.2) is 48.5 Å². The van der Waals surface area contributed by atoms with Crippen molar-refractivity contribution in [2.75, 3.05) is 22.9 Å². The van der Waals surface area contributed by atoms with Crippen molar-refractivity contribution < 1.29 is 9.53 Å². The van der Waals surface area contributed by atoms with E-state index in [1.807, 2.05) is 29.2 Å². The molecule has 24 heavy (non-hydrogen) atoms. The van der Waals surface area contributed by atoms with Crippen LogP contribution in [0.3, 0.4) is 0 Å². The summed E-state index contributed by atoms with van der Waals surface area (Å²) in [6.45, 7) is 2.16. The number of anilines is 2. The average Bonchev–Trinajstić information content (AvgIpc) is 2.63. The summed E-state index contributed by atoms with van der Waals surface area (Å²) in [5, 5.41) is 0.672. The van der Waals surface area contributed by atoms with Gasteiger partial charge in [-0.15, -0.1) is 0 Å². The van der Waals surface area contributed by atoms with E-state index in [1.54, 1.807) is 0 Å². The van der Waals surface area contributed by atoms with Gasteiger partial charge < -0.3 is 9.64 Å². The number of nitrogens with zero attached hydrogens (tertiary/aromatic N) is 2. The van der Waals surface area contributed by atoms with Crippen molar-refractivity contribution in [2.45, 2.75) is 25.5 Å². The van der Waals surface area contributed by atoms with Gasteiger partial charge in [0.25, 0.3) is 0 Å². The number of carbonyl (C=O) groups excluding carboxylic acids is 1. The molecule has 0 atom stereocenters. The Kier molecular flexibility index (Phi) is 4.07. The van der Waals surface area contributed by atoms with Crippen LogP contribution in [0.25, 0.3) is 0 Å². The number of carbonyl (C=O) groups is 1. The number of fused-ring (bicyclic) bond motifs is 1. The second-order valence-electron chi connectivity index (χ2n) is 6.25. The lowest BCUT2D eigenvalue weighted by molar-refractivity contribution is 0.137. The zero-order valence-electron chi connectivity index (χ0n) is 13.3. The number of piperidine rings is 1. The summed E-state index contributed by atoms with van der Waals surface area (Å²) in [5.74, 6) is 0. The Balaban J connectivity index is 1.52. The zero-order valence-corrected chi connectivity index (χ0v) is 14.1. The van der Waals surface area contributed by atoms with E-state index in [1.165, 1.54) is 5.69 Å². The van der Waals surface area contributed by atoms with Gasteiger partial charge in [0.2, 0.25) is 0 Å². The molecule has 2 heterocycles. The Bertz CT molecular complexity index is 742. The quantitative estimate of drug-likeness (QED) is 0.807.